The molecule has 0 aliphatic heterocycles. The average Bonchev–Trinajstić information content (AvgIpc) is 2.52. The van der Waals surface area contributed by atoms with Gasteiger partial charge in [-0.1, -0.05) is 12.1 Å². The summed E-state index contributed by atoms with van der Waals surface area (Å²) in [5.41, 5.74) is -1.24. The molecule has 0 aromatic heterocycles. The second-order valence-corrected chi connectivity index (χ2v) is 4.56. The SMILES string of the molecule is COC(=O)c1cc(-c2cccc(C(F)(F)F)c2)ccc1[N+](=O)[O-]. The summed E-state index contributed by atoms with van der Waals surface area (Å²) in [6.45, 7) is 0. The fourth-order valence-electron chi connectivity index (χ4n) is 2.02. The molecule has 0 radical (unpaired) electrons. The zero-order chi connectivity index (χ0) is 17.2. The first-order valence-corrected chi connectivity index (χ1v) is 6.28. The molecule has 0 aliphatic rings. The Morgan fingerprint density at radius 2 is 1.78 bits per heavy atom. The van der Waals surface area contributed by atoms with Crippen LogP contribution in [0, 0.1) is 10.1 Å². The smallest absolute Gasteiger partial charge is 0.416 e. The molecular formula is C15H10F3NO4. The van der Waals surface area contributed by atoms with Gasteiger partial charge in [0.2, 0.25) is 0 Å². The Morgan fingerprint density at radius 1 is 1.13 bits per heavy atom. The van der Waals surface area contributed by atoms with E-state index in [9.17, 15) is 28.1 Å². The normalized spacial score (nSPS) is 11.1. The molecule has 0 saturated carbocycles. The van der Waals surface area contributed by atoms with E-state index in [-0.39, 0.29) is 16.7 Å². The molecule has 0 fully saturated rings. The second kappa shape index (κ2) is 6.07. The standard InChI is InChI=1S/C15H10F3NO4/c1-23-14(20)12-8-10(5-6-13(12)19(21)22)9-3-2-4-11(7-9)15(16,17)18/h2-8H,1H3. The highest BCUT2D eigenvalue weighted by Gasteiger charge is 2.30. The van der Waals surface area contributed by atoms with E-state index >= 15 is 0 Å². The molecule has 0 amide bonds. The number of nitrogens with zero attached hydrogens (tertiary/aromatic N) is 1. The number of halogens is 3. The predicted molar refractivity (Wildman–Crippen MR) is 74.9 cm³/mol. The number of esters is 1. The molecule has 0 unspecified atom stereocenters. The van der Waals surface area contributed by atoms with Gasteiger partial charge in [-0.2, -0.15) is 13.2 Å². The van der Waals surface area contributed by atoms with Crippen molar-refractivity contribution in [1.82, 2.24) is 0 Å². The molecule has 2 aromatic rings. The molecule has 0 heterocycles. The van der Waals surface area contributed by atoms with Crippen molar-refractivity contribution in [2.75, 3.05) is 7.11 Å². The topological polar surface area (TPSA) is 69.4 Å². The highest BCUT2D eigenvalue weighted by molar-refractivity contribution is 5.95. The molecule has 0 aliphatic carbocycles. The molecule has 23 heavy (non-hydrogen) atoms. The quantitative estimate of drug-likeness (QED) is 0.484. The molecule has 2 aromatic carbocycles. The van der Waals surface area contributed by atoms with E-state index < -0.39 is 28.3 Å². The van der Waals surface area contributed by atoms with Gasteiger partial charge in [-0.15, -0.1) is 0 Å². The van der Waals surface area contributed by atoms with E-state index in [1.54, 1.807) is 0 Å². The van der Waals surface area contributed by atoms with E-state index in [1.807, 2.05) is 0 Å². The summed E-state index contributed by atoms with van der Waals surface area (Å²) in [5, 5.41) is 10.9. The number of rotatable bonds is 3. The Hall–Kier alpha value is -2.90. The number of hydrogen-bond donors (Lipinski definition) is 0. The zero-order valence-corrected chi connectivity index (χ0v) is 11.8. The number of methoxy groups -OCH3 is 1. The van der Waals surface area contributed by atoms with Crippen LogP contribution in [-0.4, -0.2) is 18.0 Å². The summed E-state index contributed by atoms with van der Waals surface area (Å²) in [6.07, 6.45) is -4.51. The minimum atomic E-state index is -4.51. The number of alkyl halides is 3. The first kappa shape index (κ1) is 16.5. The largest absolute Gasteiger partial charge is 0.465 e. The van der Waals surface area contributed by atoms with E-state index in [0.29, 0.717) is 0 Å². The Bertz CT molecular complexity index is 772. The van der Waals surface area contributed by atoms with Crippen LogP contribution in [0.15, 0.2) is 42.5 Å². The summed E-state index contributed by atoms with van der Waals surface area (Å²) >= 11 is 0. The second-order valence-electron chi connectivity index (χ2n) is 4.56. The van der Waals surface area contributed by atoms with Crippen LogP contribution in [0.3, 0.4) is 0 Å². The van der Waals surface area contributed by atoms with Crippen LogP contribution in [0.2, 0.25) is 0 Å². The molecule has 8 heteroatoms. The van der Waals surface area contributed by atoms with Crippen LogP contribution >= 0.6 is 0 Å². The van der Waals surface area contributed by atoms with Crippen molar-refractivity contribution in [1.29, 1.82) is 0 Å². The molecule has 0 spiro atoms. The van der Waals surface area contributed by atoms with Crippen LogP contribution in [0.4, 0.5) is 18.9 Å². The van der Waals surface area contributed by atoms with Gasteiger partial charge in [0.15, 0.2) is 0 Å². The van der Waals surface area contributed by atoms with Crippen LogP contribution in [0.5, 0.6) is 0 Å². The maximum Gasteiger partial charge on any atom is 0.416 e. The first-order chi connectivity index (χ1) is 10.7. The van der Waals surface area contributed by atoms with Gasteiger partial charge >= 0.3 is 12.1 Å². The minimum Gasteiger partial charge on any atom is -0.465 e. The predicted octanol–water partition coefficient (Wildman–Crippen LogP) is 4.07. The minimum absolute atomic E-state index is 0.180. The van der Waals surface area contributed by atoms with Crippen molar-refractivity contribution < 1.29 is 27.6 Å². The Morgan fingerprint density at radius 3 is 2.35 bits per heavy atom. The molecule has 0 saturated heterocycles. The van der Waals surface area contributed by atoms with Crippen molar-refractivity contribution in [2.45, 2.75) is 6.18 Å². The molecule has 0 bridgehead atoms. The van der Waals surface area contributed by atoms with Gasteiger partial charge < -0.3 is 4.74 Å². The van der Waals surface area contributed by atoms with E-state index in [2.05, 4.69) is 4.74 Å². The van der Waals surface area contributed by atoms with Crippen molar-refractivity contribution in [3.63, 3.8) is 0 Å². The lowest BCUT2D eigenvalue weighted by Gasteiger charge is -2.10. The lowest BCUT2D eigenvalue weighted by molar-refractivity contribution is -0.385. The molecule has 0 N–H and O–H groups in total. The van der Waals surface area contributed by atoms with Gasteiger partial charge in [0.1, 0.15) is 5.56 Å². The van der Waals surface area contributed by atoms with Crippen LogP contribution in [0.25, 0.3) is 11.1 Å². The molecule has 5 nitrogen and oxygen atoms in total. The first-order valence-electron chi connectivity index (χ1n) is 6.28. The summed E-state index contributed by atoms with van der Waals surface area (Å²) in [6, 6.07) is 7.93. The fraction of sp³-hybridized carbons (Fsp3) is 0.133. The van der Waals surface area contributed by atoms with Gasteiger partial charge in [-0.3, -0.25) is 10.1 Å². The van der Waals surface area contributed by atoms with Crippen LogP contribution in [-0.2, 0) is 10.9 Å². The molecule has 0 atom stereocenters. The fourth-order valence-corrected chi connectivity index (χ4v) is 2.02. The van der Waals surface area contributed by atoms with Crippen molar-refractivity contribution >= 4 is 11.7 Å². The Balaban J connectivity index is 2.57. The number of ether oxygens (including phenoxy) is 1. The van der Waals surface area contributed by atoms with Crippen LogP contribution < -0.4 is 0 Å². The van der Waals surface area contributed by atoms with E-state index in [4.69, 9.17) is 0 Å². The number of hydrogen-bond acceptors (Lipinski definition) is 4. The lowest BCUT2D eigenvalue weighted by Crippen LogP contribution is -2.06. The van der Waals surface area contributed by atoms with Gasteiger partial charge in [0.25, 0.3) is 5.69 Å². The Labute approximate surface area is 128 Å². The lowest BCUT2D eigenvalue weighted by atomic mass is 10.00. The summed E-state index contributed by atoms with van der Waals surface area (Å²) in [4.78, 5) is 21.8. The van der Waals surface area contributed by atoms with Crippen molar-refractivity contribution in [3.8, 4) is 11.1 Å². The number of benzene rings is 2. The van der Waals surface area contributed by atoms with Crippen molar-refractivity contribution in [3.05, 3.63) is 63.7 Å². The van der Waals surface area contributed by atoms with E-state index in [0.717, 1.165) is 31.4 Å². The Kier molecular flexibility index (Phi) is 4.35. The number of nitro groups is 1. The average molecular weight is 325 g/mol. The third-order valence-electron chi connectivity index (χ3n) is 3.12. The van der Waals surface area contributed by atoms with Gasteiger partial charge in [-0.25, -0.2) is 4.79 Å². The zero-order valence-electron chi connectivity index (χ0n) is 11.8. The monoisotopic (exact) mass is 325 g/mol. The summed E-state index contributed by atoms with van der Waals surface area (Å²) < 4.78 is 42.7. The van der Waals surface area contributed by atoms with E-state index in [1.165, 1.54) is 18.2 Å². The molecular weight excluding hydrogens is 315 g/mol. The van der Waals surface area contributed by atoms with Gasteiger partial charge in [-0.05, 0) is 35.4 Å². The highest BCUT2D eigenvalue weighted by Crippen LogP contribution is 2.33. The number of carbonyl (C=O) groups is 1. The van der Waals surface area contributed by atoms with Gasteiger partial charge in [0.05, 0.1) is 17.6 Å². The number of nitro benzene ring substituents is 1. The third-order valence-corrected chi connectivity index (χ3v) is 3.12. The van der Waals surface area contributed by atoms with Crippen molar-refractivity contribution in [2.24, 2.45) is 0 Å². The highest BCUT2D eigenvalue weighted by atomic mass is 19.4. The summed E-state index contributed by atoms with van der Waals surface area (Å²) in [5.74, 6) is -0.939. The maximum atomic E-state index is 12.8. The van der Waals surface area contributed by atoms with Gasteiger partial charge in [0, 0.05) is 6.07 Å². The molecule has 2 rings (SSSR count). The summed E-state index contributed by atoms with van der Waals surface area (Å²) in [7, 11) is 1.06. The maximum absolute atomic E-state index is 12.8. The van der Waals surface area contributed by atoms with Crippen LogP contribution in [0.1, 0.15) is 15.9 Å². The number of carbonyl (C=O) groups excluding carboxylic acids is 1. The third kappa shape index (κ3) is 3.47. The molecule has 120 valence electrons.